The van der Waals surface area contributed by atoms with Crippen LogP contribution in [0.3, 0.4) is 0 Å². The maximum Gasteiger partial charge on any atom is 0.240 e. The predicted molar refractivity (Wildman–Crippen MR) is 80.3 cm³/mol. The topological polar surface area (TPSA) is 50.4 Å². The average Bonchev–Trinajstić information content (AvgIpc) is 2.76. The summed E-state index contributed by atoms with van der Waals surface area (Å²) in [7, 11) is 0. The molecule has 3 atom stereocenters. The molecule has 2 heterocycles. The van der Waals surface area contributed by atoms with Gasteiger partial charge in [0, 0.05) is 11.4 Å². The monoisotopic (exact) mass is 324 g/mol. The number of rotatable bonds is 3. The van der Waals surface area contributed by atoms with Crippen molar-refractivity contribution in [2.24, 2.45) is 0 Å². The van der Waals surface area contributed by atoms with Gasteiger partial charge in [-0.3, -0.25) is 4.79 Å². The maximum absolute atomic E-state index is 12.1. The number of hydrogen-bond donors (Lipinski definition) is 2. The van der Waals surface area contributed by atoms with Crippen LogP contribution in [0.2, 0.25) is 4.34 Å². The molecule has 108 valence electrons. The van der Waals surface area contributed by atoms with E-state index in [4.69, 9.17) is 16.3 Å². The quantitative estimate of drug-likeness (QED) is 0.897. The van der Waals surface area contributed by atoms with Gasteiger partial charge in [0.2, 0.25) is 5.91 Å². The van der Waals surface area contributed by atoms with Gasteiger partial charge >= 0.3 is 0 Å². The SMILES string of the molecule is CC(NC(=O)[C@H]1NCCO[C@@H]1C)c1ccc(Cl)s1.Cl. The zero-order valence-electron chi connectivity index (χ0n) is 10.8. The molecular weight excluding hydrogens is 307 g/mol. The molecule has 1 unspecified atom stereocenters. The fourth-order valence-electron chi connectivity index (χ4n) is 1.96. The van der Waals surface area contributed by atoms with Gasteiger partial charge in [0.25, 0.3) is 0 Å². The van der Waals surface area contributed by atoms with Crippen LogP contribution in [-0.4, -0.2) is 31.2 Å². The van der Waals surface area contributed by atoms with E-state index in [1.54, 1.807) is 0 Å². The zero-order chi connectivity index (χ0) is 13.1. The lowest BCUT2D eigenvalue weighted by Gasteiger charge is -2.30. The molecule has 0 saturated carbocycles. The minimum Gasteiger partial charge on any atom is -0.375 e. The Labute approximate surface area is 128 Å². The minimum absolute atomic E-state index is 0. The third-order valence-corrected chi connectivity index (χ3v) is 4.39. The van der Waals surface area contributed by atoms with Crippen molar-refractivity contribution < 1.29 is 9.53 Å². The lowest BCUT2D eigenvalue weighted by atomic mass is 10.1. The Morgan fingerprint density at radius 1 is 1.63 bits per heavy atom. The molecule has 1 aliphatic rings. The molecule has 1 aliphatic heterocycles. The normalized spacial score (nSPS) is 24.4. The fraction of sp³-hybridized carbons (Fsp3) is 0.583. The van der Waals surface area contributed by atoms with Crippen LogP contribution in [-0.2, 0) is 9.53 Å². The number of carbonyl (C=O) groups excluding carboxylic acids is 1. The van der Waals surface area contributed by atoms with Crippen LogP contribution in [0.15, 0.2) is 12.1 Å². The van der Waals surface area contributed by atoms with Crippen molar-refractivity contribution in [2.75, 3.05) is 13.2 Å². The summed E-state index contributed by atoms with van der Waals surface area (Å²) < 4.78 is 6.20. The second kappa shape index (κ2) is 7.45. The van der Waals surface area contributed by atoms with E-state index in [2.05, 4.69) is 10.6 Å². The molecule has 1 fully saturated rings. The van der Waals surface area contributed by atoms with Gasteiger partial charge in [-0.2, -0.15) is 0 Å². The molecule has 1 saturated heterocycles. The Balaban J connectivity index is 0.00000180. The first-order valence-electron chi connectivity index (χ1n) is 5.98. The van der Waals surface area contributed by atoms with Gasteiger partial charge in [-0.1, -0.05) is 11.6 Å². The van der Waals surface area contributed by atoms with Crippen molar-refractivity contribution in [3.8, 4) is 0 Å². The second-order valence-electron chi connectivity index (χ2n) is 4.38. The molecule has 0 bridgehead atoms. The Morgan fingerprint density at radius 3 is 2.95 bits per heavy atom. The fourth-order valence-corrected chi connectivity index (χ4v) is 3.03. The second-order valence-corrected chi connectivity index (χ2v) is 6.13. The van der Waals surface area contributed by atoms with E-state index in [0.717, 1.165) is 9.21 Å². The van der Waals surface area contributed by atoms with Gasteiger partial charge in [0.15, 0.2) is 0 Å². The highest BCUT2D eigenvalue weighted by Crippen LogP contribution is 2.26. The van der Waals surface area contributed by atoms with Crippen LogP contribution in [0.25, 0.3) is 0 Å². The van der Waals surface area contributed by atoms with Crippen molar-refractivity contribution in [1.29, 1.82) is 0 Å². The largest absolute Gasteiger partial charge is 0.375 e. The van der Waals surface area contributed by atoms with Gasteiger partial charge in [0.05, 0.1) is 23.1 Å². The summed E-state index contributed by atoms with van der Waals surface area (Å²) in [5, 5.41) is 6.15. The third kappa shape index (κ3) is 4.33. The summed E-state index contributed by atoms with van der Waals surface area (Å²) in [5.74, 6) is -0.0285. The minimum atomic E-state index is -0.281. The van der Waals surface area contributed by atoms with Crippen LogP contribution >= 0.6 is 35.3 Å². The highest BCUT2D eigenvalue weighted by molar-refractivity contribution is 7.16. The Bertz CT molecular complexity index is 428. The zero-order valence-corrected chi connectivity index (χ0v) is 13.2. The molecule has 7 heteroatoms. The highest BCUT2D eigenvalue weighted by Gasteiger charge is 2.29. The van der Waals surface area contributed by atoms with Gasteiger partial charge in [0.1, 0.15) is 6.04 Å². The van der Waals surface area contributed by atoms with E-state index >= 15 is 0 Å². The molecule has 0 radical (unpaired) electrons. The van der Waals surface area contributed by atoms with Crippen LogP contribution in [0.4, 0.5) is 0 Å². The van der Waals surface area contributed by atoms with Crippen molar-refractivity contribution >= 4 is 41.3 Å². The third-order valence-electron chi connectivity index (χ3n) is 2.98. The summed E-state index contributed by atoms with van der Waals surface area (Å²) in [4.78, 5) is 13.2. The van der Waals surface area contributed by atoms with Crippen LogP contribution in [0, 0.1) is 0 Å². The van der Waals surface area contributed by atoms with E-state index < -0.39 is 0 Å². The number of halogens is 2. The van der Waals surface area contributed by atoms with Crippen molar-refractivity contribution in [3.63, 3.8) is 0 Å². The van der Waals surface area contributed by atoms with Crippen LogP contribution in [0.5, 0.6) is 0 Å². The van der Waals surface area contributed by atoms with Gasteiger partial charge in [-0.05, 0) is 26.0 Å². The predicted octanol–water partition coefficient (Wildman–Crippen LogP) is 2.38. The molecule has 0 spiro atoms. The summed E-state index contributed by atoms with van der Waals surface area (Å²) in [6.45, 7) is 5.22. The van der Waals surface area contributed by atoms with E-state index in [1.165, 1.54) is 11.3 Å². The highest BCUT2D eigenvalue weighted by atomic mass is 35.5. The summed E-state index contributed by atoms with van der Waals surface area (Å²) in [6, 6.07) is 3.46. The van der Waals surface area contributed by atoms with Crippen LogP contribution < -0.4 is 10.6 Å². The molecule has 0 aromatic carbocycles. The summed E-state index contributed by atoms with van der Waals surface area (Å²) in [5.41, 5.74) is 0. The number of hydrogen-bond acceptors (Lipinski definition) is 4. The maximum atomic E-state index is 12.1. The molecule has 19 heavy (non-hydrogen) atoms. The number of amides is 1. The number of nitrogens with one attached hydrogen (secondary N) is 2. The first kappa shape index (κ1) is 16.7. The van der Waals surface area contributed by atoms with Gasteiger partial charge in [-0.15, -0.1) is 23.7 Å². The van der Waals surface area contributed by atoms with Crippen molar-refractivity contribution in [1.82, 2.24) is 10.6 Å². The number of carbonyl (C=O) groups is 1. The van der Waals surface area contributed by atoms with E-state index in [9.17, 15) is 4.79 Å². The first-order valence-corrected chi connectivity index (χ1v) is 7.18. The van der Waals surface area contributed by atoms with E-state index in [1.807, 2.05) is 26.0 Å². The van der Waals surface area contributed by atoms with E-state index in [0.29, 0.717) is 13.2 Å². The standard InChI is InChI=1S/C12H17ClN2O2S.ClH/c1-7(9-3-4-10(13)18-9)15-12(16)11-8(2)17-6-5-14-11;/h3-4,7-8,11,14H,5-6H2,1-2H3,(H,15,16);1H/t7?,8-,11+;/m1./s1. The van der Waals surface area contributed by atoms with Crippen molar-refractivity contribution in [2.45, 2.75) is 32.0 Å². The van der Waals surface area contributed by atoms with E-state index in [-0.39, 0.29) is 36.5 Å². The number of morpholine rings is 1. The molecule has 0 aliphatic carbocycles. The Morgan fingerprint density at radius 2 is 2.37 bits per heavy atom. The first-order chi connectivity index (χ1) is 8.58. The smallest absolute Gasteiger partial charge is 0.240 e. The molecular formula is C12H18Cl2N2O2S. The number of thiophene rings is 1. The van der Waals surface area contributed by atoms with Gasteiger partial charge in [-0.25, -0.2) is 0 Å². The lowest BCUT2D eigenvalue weighted by Crippen LogP contribution is -2.55. The molecule has 2 rings (SSSR count). The van der Waals surface area contributed by atoms with Gasteiger partial charge < -0.3 is 15.4 Å². The lowest BCUT2D eigenvalue weighted by molar-refractivity contribution is -0.129. The molecule has 1 aromatic heterocycles. The summed E-state index contributed by atoms with van der Waals surface area (Å²) in [6.07, 6.45) is -0.0992. The molecule has 4 nitrogen and oxygen atoms in total. The number of ether oxygens (including phenoxy) is 1. The Kier molecular flexibility index (Phi) is 6.56. The van der Waals surface area contributed by atoms with Crippen molar-refractivity contribution in [3.05, 3.63) is 21.3 Å². The molecule has 1 amide bonds. The molecule has 2 N–H and O–H groups in total. The average molecular weight is 325 g/mol. The Hall–Kier alpha value is -0.330. The van der Waals surface area contributed by atoms with Crippen LogP contribution in [0.1, 0.15) is 24.8 Å². The molecule has 1 aromatic rings. The summed E-state index contributed by atoms with van der Waals surface area (Å²) >= 11 is 7.37.